The summed E-state index contributed by atoms with van der Waals surface area (Å²) in [5, 5.41) is 3.97. The lowest BCUT2D eigenvalue weighted by atomic mass is 9.95. The standard InChI is InChI=1S/C11H13Cl2NO/c1-7(15)9(6-14-2)8-3-4-10(12)11(13)5-8/h3-5,9,14H,6H2,1-2H3. The lowest BCUT2D eigenvalue weighted by Gasteiger charge is -2.14. The predicted octanol–water partition coefficient (Wildman–Crippen LogP) is 2.89. The van der Waals surface area contributed by atoms with Crippen molar-refractivity contribution in [2.75, 3.05) is 13.6 Å². The maximum atomic E-state index is 11.4. The van der Waals surface area contributed by atoms with Gasteiger partial charge in [0.25, 0.3) is 0 Å². The van der Waals surface area contributed by atoms with Gasteiger partial charge in [0, 0.05) is 6.54 Å². The van der Waals surface area contributed by atoms with E-state index in [1.165, 1.54) is 0 Å². The Morgan fingerprint density at radius 3 is 2.53 bits per heavy atom. The Morgan fingerprint density at radius 2 is 2.07 bits per heavy atom. The van der Waals surface area contributed by atoms with E-state index in [9.17, 15) is 4.79 Å². The molecule has 0 radical (unpaired) electrons. The summed E-state index contributed by atoms with van der Waals surface area (Å²) in [6.07, 6.45) is 0. The smallest absolute Gasteiger partial charge is 0.138 e. The summed E-state index contributed by atoms with van der Waals surface area (Å²) < 4.78 is 0. The molecule has 0 aliphatic heterocycles. The van der Waals surface area contributed by atoms with Crippen LogP contribution in [-0.2, 0) is 4.79 Å². The van der Waals surface area contributed by atoms with Crippen LogP contribution in [0.1, 0.15) is 18.4 Å². The van der Waals surface area contributed by atoms with Gasteiger partial charge in [0.15, 0.2) is 0 Å². The van der Waals surface area contributed by atoms with Gasteiger partial charge in [-0.15, -0.1) is 0 Å². The van der Waals surface area contributed by atoms with Gasteiger partial charge in [-0.25, -0.2) is 0 Å². The van der Waals surface area contributed by atoms with Crippen LogP contribution in [0.4, 0.5) is 0 Å². The first-order chi connectivity index (χ1) is 7.06. The Hall–Kier alpha value is -0.570. The maximum Gasteiger partial charge on any atom is 0.138 e. The lowest BCUT2D eigenvalue weighted by Crippen LogP contribution is -2.22. The number of carbonyl (C=O) groups excluding carboxylic acids is 1. The minimum atomic E-state index is -0.162. The molecule has 0 heterocycles. The van der Waals surface area contributed by atoms with E-state index >= 15 is 0 Å². The van der Waals surface area contributed by atoms with Gasteiger partial charge in [-0.3, -0.25) is 4.79 Å². The number of ketones is 1. The predicted molar refractivity (Wildman–Crippen MR) is 63.8 cm³/mol. The van der Waals surface area contributed by atoms with Crippen LogP contribution in [0.25, 0.3) is 0 Å². The van der Waals surface area contributed by atoms with Gasteiger partial charge in [0.2, 0.25) is 0 Å². The number of carbonyl (C=O) groups is 1. The molecule has 1 atom stereocenters. The molecule has 0 fully saturated rings. The van der Waals surface area contributed by atoms with Gasteiger partial charge in [0.05, 0.1) is 16.0 Å². The van der Waals surface area contributed by atoms with Crippen LogP contribution in [0.5, 0.6) is 0 Å². The van der Waals surface area contributed by atoms with E-state index in [1.54, 1.807) is 19.1 Å². The summed E-state index contributed by atoms with van der Waals surface area (Å²) in [7, 11) is 1.81. The third-order valence-corrected chi connectivity index (χ3v) is 2.98. The van der Waals surface area contributed by atoms with Crippen LogP contribution in [0.3, 0.4) is 0 Å². The third kappa shape index (κ3) is 3.20. The second-order valence-electron chi connectivity index (χ2n) is 3.39. The Morgan fingerprint density at radius 1 is 1.40 bits per heavy atom. The van der Waals surface area contributed by atoms with E-state index in [2.05, 4.69) is 5.32 Å². The van der Waals surface area contributed by atoms with E-state index in [1.807, 2.05) is 13.1 Å². The summed E-state index contributed by atoms with van der Waals surface area (Å²) in [6.45, 7) is 2.18. The highest BCUT2D eigenvalue weighted by molar-refractivity contribution is 6.42. The molecule has 1 unspecified atom stereocenters. The van der Waals surface area contributed by atoms with Gasteiger partial charge < -0.3 is 5.32 Å². The number of hydrogen-bond donors (Lipinski definition) is 1. The average Bonchev–Trinajstić information content (AvgIpc) is 2.18. The molecule has 0 amide bonds. The van der Waals surface area contributed by atoms with Crippen LogP contribution >= 0.6 is 23.2 Å². The van der Waals surface area contributed by atoms with Crippen molar-refractivity contribution in [3.05, 3.63) is 33.8 Å². The van der Waals surface area contributed by atoms with Gasteiger partial charge in [-0.2, -0.15) is 0 Å². The third-order valence-electron chi connectivity index (χ3n) is 2.24. The van der Waals surface area contributed by atoms with Gasteiger partial charge in [0.1, 0.15) is 5.78 Å². The molecule has 0 aromatic heterocycles. The van der Waals surface area contributed by atoms with Crippen molar-refractivity contribution in [2.45, 2.75) is 12.8 Å². The van der Waals surface area contributed by atoms with Gasteiger partial charge in [-0.05, 0) is 31.7 Å². The molecule has 0 saturated carbocycles. The Labute approximate surface area is 99.6 Å². The molecule has 1 aromatic carbocycles. The second-order valence-corrected chi connectivity index (χ2v) is 4.21. The first kappa shape index (κ1) is 12.5. The van der Waals surface area contributed by atoms with E-state index in [0.29, 0.717) is 16.6 Å². The first-order valence-corrected chi connectivity index (χ1v) is 5.42. The van der Waals surface area contributed by atoms with Gasteiger partial charge >= 0.3 is 0 Å². The van der Waals surface area contributed by atoms with E-state index in [0.717, 1.165) is 5.56 Å². The number of nitrogens with one attached hydrogen (secondary N) is 1. The van der Waals surface area contributed by atoms with E-state index in [-0.39, 0.29) is 11.7 Å². The molecule has 0 saturated heterocycles. The molecule has 1 aromatic rings. The molecule has 4 heteroatoms. The highest BCUT2D eigenvalue weighted by Crippen LogP contribution is 2.26. The summed E-state index contributed by atoms with van der Waals surface area (Å²) in [4.78, 5) is 11.4. The van der Waals surface area contributed by atoms with Crippen LogP contribution in [0.2, 0.25) is 10.0 Å². The summed E-state index contributed by atoms with van der Waals surface area (Å²) >= 11 is 11.7. The monoisotopic (exact) mass is 245 g/mol. The van der Waals surface area contributed by atoms with Crippen molar-refractivity contribution in [3.63, 3.8) is 0 Å². The fourth-order valence-corrected chi connectivity index (χ4v) is 1.74. The number of likely N-dealkylation sites (N-methyl/N-ethyl adjacent to an activating group) is 1. The summed E-state index contributed by atoms with van der Waals surface area (Å²) in [5.74, 6) is -0.0486. The van der Waals surface area contributed by atoms with Crippen molar-refractivity contribution < 1.29 is 4.79 Å². The Balaban J connectivity index is 3.01. The summed E-state index contributed by atoms with van der Waals surface area (Å²) in [5.41, 5.74) is 0.895. The van der Waals surface area contributed by atoms with Crippen molar-refractivity contribution in [2.24, 2.45) is 0 Å². The molecular formula is C11H13Cl2NO. The fraction of sp³-hybridized carbons (Fsp3) is 0.364. The van der Waals surface area contributed by atoms with E-state index < -0.39 is 0 Å². The van der Waals surface area contributed by atoms with E-state index in [4.69, 9.17) is 23.2 Å². The number of halogens is 2. The van der Waals surface area contributed by atoms with Crippen molar-refractivity contribution in [3.8, 4) is 0 Å². The number of benzene rings is 1. The topological polar surface area (TPSA) is 29.1 Å². The average molecular weight is 246 g/mol. The molecule has 0 bridgehead atoms. The minimum absolute atomic E-state index is 0.114. The molecule has 2 nitrogen and oxygen atoms in total. The molecule has 1 rings (SSSR count). The van der Waals surface area contributed by atoms with Crippen LogP contribution < -0.4 is 5.32 Å². The number of Topliss-reactive ketones (excluding diaryl/α,β-unsaturated/α-hetero) is 1. The molecule has 0 aliphatic carbocycles. The molecule has 15 heavy (non-hydrogen) atoms. The number of hydrogen-bond acceptors (Lipinski definition) is 2. The fourth-order valence-electron chi connectivity index (χ4n) is 1.43. The quantitative estimate of drug-likeness (QED) is 0.884. The van der Waals surface area contributed by atoms with Gasteiger partial charge in [-0.1, -0.05) is 29.3 Å². The Kier molecular flexibility index (Phi) is 4.58. The van der Waals surface area contributed by atoms with Crippen molar-refractivity contribution in [1.29, 1.82) is 0 Å². The van der Waals surface area contributed by atoms with Crippen LogP contribution in [0.15, 0.2) is 18.2 Å². The van der Waals surface area contributed by atoms with Crippen LogP contribution in [0, 0.1) is 0 Å². The minimum Gasteiger partial charge on any atom is -0.319 e. The van der Waals surface area contributed by atoms with Crippen molar-refractivity contribution in [1.82, 2.24) is 5.32 Å². The zero-order valence-electron chi connectivity index (χ0n) is 8.68. The SMILES string of the molecule is CNCC(C(C)=O)c1ccc(Cl)c(Cl)c1. The molecular weight excluding hydrogens is 233 g/mol. The number of rotatable bonds is 4. The zero-order chi connectivity index (χ0) is 11.4. The largest absolute Gasteiger partial charge is 0.319 e. The normalized spacial score (nSPS) is 12.5. The lowest BCUT2D eigenvalue weighted by molar-refractivity contribution is -0.118. The summed E-state index contributed by atoms with van der Waals surface area (Å²) in [6, 6.07) is 5.29. The highest BCUT2D eigenvalue weighted by Gasteiger charge is 2.16. The zero-order valence-corrected chi connectivity index (χ0v) is 10.2. The molecule has 82 valence electrons. The second kappa shape index (κ2) is 5.50. The molecule has 1 N–H and O–H groups in total. The first-order valence-electron chi connectivity index (χ1n) is 4.66. The maximum absolute atomic E-state index is 11.4. The molecule has 0 spiro atoms. The van der Waals surface area contributed by atoms with Crippen LogP contribution in [-0.4, -0.2) is 19.4 Å². The molecule has 0 aliphatic rings. The highest BCUT2D eigenvalue weighted by atomic mass is 35.5. The van der Waals surface area contributed by atoms with Crippen molar-refractivity contribution >= 4 is 29.0 Å². The Bertz CT molecular complexity index is 366.